The Kier molecular flexibility index (Phi) is 6.66. The maximum absolute atomic E-state index is 12.5. The second-order valence-electron chi connectivity index (χ2n) is 2.94. The quantitative estimate of drug-likeness (QED) is 0.809. The van der Waals surface area contributed by atoms with Gasteiger partial charge in [-0.15, -0.1) is 12.4 Å². The van der Waals surface area contributed by atoms with Crippen LogP contribution in [-0.2, 0) is 11.2 Å². The van der Waals surface area contributed by atoms with Crippen LogP contribution in [-0.4, -0.2) is 19.0 Å². The normalized spacial score (nSPS) is 9.20. The molecular formula is C10H14ClFN2O. The molecule has 0 aliphatic heterocycles. The average Bonchev–Trinajstić information content (AvgIpc) is 2.18. The van der Waals surface area contributed by atoms with E-state index in [1.165, 1.54) is 12.1 Å². The van der Waals surface area contributed by atoms with Crippen molar-refractivity contribution in [1.82, 2.24) is 5.32 Å². The lowest BCUT2D eigenvalue weighted by Gasteiger charge is -2.03. The van der Waals surface area contributed by atoms with Gasteiger partial charge in [0.1, 0.15) is 5.82 Å². The maximum Gasteiger partial charge on any atom is 0.224 e. The number of hydrogen-bond acceptors (Lipinski definition) is 2. The van der Waals surface area contributed by atoms with Crippen LogP contribution in [0.3, 0.4) is 0 Å². The van der Waals surface area contributed by atoms with Crippen LogP contribution in [0.5, 0.6) is 0 Å². The summed E-state index contributed by atoms with van der Waals surface area (Å²) >= 11 is 0. The number of hydrogen-bond donors (Lipinski definition) is 2. The first-order valence-corrected chi connectivity index (χ1v) is 4.43. The molecule has 84 valence electrons. The van der Waals surface area contributed by atoms with E-state index in [2.05, 4.69) is 5.32 Å². The second kappa shape index (κ2) is 7.20. The molecule has 0 unspecified atom stereocenters. The van der Waals surface area contributed by atoms with Crippen LogP contribution in [0.1, 0.15) is 5.56 Å². The van der Waals surface area contributed by atoms with E-state index in [9.17, 15) is 9.18 Å². The minimum atomic E-state index is -0.295. The van der Waals surface area contributed by atoms with Crippen molar-refractivity contribution in [3.05, 3.63) is 35.6 Å². The van der Waals surface area contributed by atoms with Crippen LogP contribution < -0.4 is 11.1 Å². The molecule has 0 atom stereocenters. The molecule has 0 spiro atoms. The molecule has 3 nitrogen and oxygen atoms in total. The van der Waals surface area contributed by atoms with Crippen molar-refractivity contribution in [2.24, 2.45) is 5.73 Å². The third-order valence-electron chi connectivity index (χ3n) is 1.74. The average molecular weight is 233 g/mol. The van der Waals surface area contributed by atoms with Gasteiger partial charge in [0.25, 0.3) is 0 Å². The number of nitrogens with one attached hydrogen (secondary N) is 1. The smallest absolute Gasteiger partial charge is 0.224 e. The first kappa shape index (κ1) is 13.9. The third-order valence-corrected chi connectivity index (χ3v) is 1.74. The van der Waals surface area contributed by atoms with E-state index < -0.39 is 0 Å². The molecule has 0 aliphatic rings. The number of halogens is 2. The molecule has 0 bridgehead atoms. The fraction of sp³-hybridized carbons (Fsp3) is 0.300. The van der Waals surface area contributed by atoms with E-state index in [0.717, 1.165) is 5.56 Å². The lowest BCUT2D eigenvalue weighted by molar-refractivity contribution is -0.120. The Labute approximate surface area is 94.3 Å². The van der Waals surface area contributed by atoms with Crippen LogP contribution in [0.2, 0.25) is 0 Å². The van der Waals surface area contributed by atoms with Crippen molar-refractivity contribution in [2.75, 3.05) is 13.1 Å². The third kappa shape index (κ3) is 5.34. The van der Waals surface area contributed by atoms with Crippen LogP contribution in [0.4, 0.5) is 4.39 Å². The molecule has 0 saturated carbocycles. The molecule has 0 radical (unpaired) electrons. The van der Waals surface area contributed by atoms with E-state index in [-0.39, 0.29) is 30.6 Å². The van der Waals surface area contributed by atoms with Gasteiger partial charge in [-0.1, -0.05) is 12.1 Å². The maximum atomic E-state index is 12.5. The number of nitrogens with two attached hydrogens (primary N) is 1. The standard InChI is InChI=1S/C10H13FN2O.ClH/c11-9-3-1-8(2-4-9)7-10(14)13-6-5-12;/h1-4H,5-7,12H2,(H,13,14);1H. The Hall–Kier alpha value is -1.13. The zero-order valence-electron chi connectivity index (χ0n) is 8.20. The summed E-state index contributed by atoms with van der Waals surface area (Å²) in [7, 11) is 0. The summed E-state index contributed by atoms with van der Waals surface area (Å²) in [5.74, 6) is -0.391. The molecule has 1 aromatic rings. The van der Waals surface area contributed by atoms with Crippen molar-refractivity contribution in [2.45, 2.75) is 6.42 Å². The highest BCUT2D eigenvalue weighted by Gasteiger charge is 2.01. The van der Waals surface area contributed by atoms with Crippen LogP contribution in [0.15, 0.2) is 24.3 Å². The van der Waals surface area contributed by atoms with Gasteiger partial charge < -0.3 is 11.1 Å². The van der Waals surface area contributed by atoms with Crippen molar-refractivity contribution in [1.29, 1.82) is 0 Å². The van der Waals surface area contributed by atoms with Gasteiger partial charge in [0.05, 0.1) is 6.42 Å². The van der Waals surface area contributed by atoms with E-state index in [4.69, 9.17) is 5.73 Å². The molecule has 5 heteroatoms. The lowest BCUT2D eigenvalue weighted by Crippen LogP contribution is -2.30. The molecule has 0 aliphatic carbocycles. The van der Waals surface area contributed by atoms with E-state index in [1.54, 1.807) is 12.1 Å². The van der Waals surface area contributed by atoms with Gasteiger partial charge in [0, 0.05) is 13.1 Å². The summed E-state index contributed by atoms with van der Waals surface area (Å²) in [6.45, 7) is 0.898. The summed E-state index contributed by atoms with van der Waals surface area (Å²) in [5, 5.41) is 2.64. The predicted octanol–water partition coefficient (Wildman–Crippen LogP) is 0.865. The van der Waals surface area contributed by atoms with E-state index in [1.807, 2.05) is 0 Å². The summed E-state index contributed by atoms with van der Waals surface area (Å²) in [4.78, 5) is 11.2. The summed E-state index contributed by atoms with van der Waals surface area (Å²) in [6, 6.07) is 5.87. The van der Waals surface area contributed by atoms with Gasteiger partial charge in [-0.3, -0.25) is 4.79 Å². The van der Waals surface area contributed by atoms with Crippen molar-refractivity contribution in [3.63, 3.8) is 0 Å². The van der Waals surface area contributed by atoms with Crippen LogP contribution >= 0.6 is 12.4 Å². The van der Waals surface area contributed by atoms with E-state index in [0.29, 0.717) is 13.1 Å². The predicted molar refractivity (Wildman–Crippen MR) is 59.4 cm³/mol. The molecular weight excluding hydrogens is 219 g/mol. The number of rotatable bonds is 4. The monoisotopic (exact) mass is 232 g/mol. The molecule has 1 aromatic carbocycles. The number of carbonyl (C=O) groups excluding carboxylic acids is 1. The molecule has 3 N–H and O–H groups in total. The van der Waals surface area contributed by atoms with Gasteiger partial charge in [-0.25, -0.2) is 4.39 Å². The summed E-state index contributed by atoms with van der Waals surface area (Å²) in [6.07, 6.45) is 0.264. The highest BCUT2D eigenvalue weighted by atomic mass is 35.5. The van der Waals surface area contributed by atoms with Gasteiger partial charge >= 0.3 is 0 Å². The Balaban J connectivity index is 0.00000196. The summed E-state index contributed by atoms with van der Waals surface area (Å²) in [5.41, 5.74) is 6.02. The Morgan fingerprint density at radius 3 is 2.47 bits per heavy atom. The van der Waals surface area contributed by atoms with Gasteiger partial charge in [-0.05, 0) is 17.7 Å². The topological polar surface area (TPSA) is 55.1 Å². The molecule has 0 aromatic heterocycles. The number of benzene rings is 1. The van der Waals surface area contributed by atoms with Gasteiger partial charge in [0.15, 0.2) is 0 Å². The van der Waals surface area contributed by atoms with Gasteiger partial charge in [0.2, 0.25) is 5.91 Å². The van der Waals surface area contributed by atoms with Crippen molar-refractivity contribution >= 4 is 18.3 Å². The SMILES string of the molecule is Cl.NCCNC(=O)Cc1ccc(F)cc1. The first-order valence-electron chi connectivity index (χ1n) is 4.43. The Bertz CT molecular complexity index is 303. The molecule has 0 fully saturated rings. The minimum absolute atomic E-state index is 0. The van der Waals surface area contributed by atoms with Crippen molar-refractivity contribution < 1.29 is 9.18 Å². The van der Waals surface area contributed by atoms with Crippen molar-refractivity contribution in [3.8, 4) is 0 Å². The molecule has 0 heterocycles. The van der Waals surface area contributed by atoms with Crippen LogP contribution in [0, 0.1) is 5.82 Å². The molecule has 0 saturated heterocycles. The minimum Gasteiger partial charge on any atom is -0.355 e. The number of carbonyl (C=O) groups is 1. The fourth-order valence-electron chi connectivity index (χ4n) is 1.06. The highest BCUT2D eigenvalue weighted by Crippen LogP contribution is 2.02. The fourth-order valence-corrected chi connectivity index (χ4v) is 1.06. The zero-order chi connectivity index (χ0) is 10.4. The van der Waals surface area contributed by atoms with E-state index >= 15 is 0 Å². The zero-order valence-corrected chi connectivity index (χ0v) is 9.02. The number of amides is 1. The Morgan fingerprint density at radius 2 is 1.93 bits per heavy atom. The molecule has 15 heavy (non-hydrogen) atoms. The molecule has 1 rings (SSSR count). The van der Waals surface area contributed by atoms with Crippen LogP contribution in [0.25, 0.3) is 0 Å². The highest BCUT2D eigenvalue weighted by molar-refractivity contribution is 5.85. The lowest BCUT2D eigenvalue weighted by atomic mass is 10.1. The first-order chi connectivity index (χ1) is 6.72. The van der Waals surface area contributed by atoms with Gasteiger partial charge in [-0.2, -0.15) is 0 Å². The largest absolute Gasteiger partial charge is 0.355 e. The Morgan fingerprint density at radius 1 is 1.33 bits per heavy atom. The summed E-state index contributed by atoms with van der Waals surface area (Å²) < 4.78 is 12.5. The molecule has 1 amide bonds. The second-order valence-corrected chi connectivity index (χ2v) is 2.94.